The van der Waals surface area contributed by atoms with Crippen molar-refractivity contribution in [1.82, 2.24) is 21.1 Å². The monoisotopic (exact) mass is 382 g/mol. The quantitative estimate of drug-likeness (QED) is 0.672. The number of benzene rings is 1. The molecule has 2 fully saturated rings. The predicted octanol–water partition coefficient (Wildman–Crippen LogP) is 1.90. The molecule has 27 heavy (non-hydrogen) atoms. The molecular weight excluding hydrogens is 354 g/mol. The maximum absolute atomic E-state index is 13.0. The molecular formula is C19H28F2N4O2. The third kappa shape index (κ3) is 5.15. The van der Waals surface area contributed by atoms with Crippen molar-refractivity contribution in [3.8, 4) is 5.75 Å². The number of hydrazine groups is 1. The SMILES string of the molecule is CCNCC1CCN(C(=O)C2CNNC2c2cccc(OC(F)F)c2)CC1. The van der Waals surface area contributed by atoms with Crippen LogP contribution < -0.4 is 20.9 Å². The first-order valence-corrected chi connectivity index (χ1v) is 9.61. The fourth-order valence-electron chi connectivity index (χ4n) is 3.87. The van der Waals surface area contributed by atoms with Gasteiger partial charge in [-0.1, -0.05) is 19.1 Å². The number of carbonyl (C=O) groups excluding carboxylic acids is 1. The van der Waals surface area contributed by atoms with Crippen molar-refractivity contribution in [2.24, 2.45) is 11.8 Å². The number of alkyl halides is 2. The average molecular weight is 382 g/mol. The minimum absolute atomic E-state index is 0.103. The lowest BCUT2D eigenvalue weighted by Gasteiger charge is -2.34. The van der Waals surface area contributed by atoms with Crippen molar-refractivity contribution >= 4 is 5.91 Å². The molecule has 0 radical (unpaired) electrons. The molecule has 2 aliphatic rings. The van der Waals surface area contributed by atoms with E-state index in [-0.39, 0.29) is 23.6 Å². The molecule has 0 aliphatic carbocycles. The molecule has 0 saturated carbocycles. The summed E-state index contributed by atoms with van der Waals surface area (Å²) in [6.45, 7) is 3.26. The number of likely N-dealkylation sites (tertiary alicyclic amines) is 1. The van der Waals surface area contributed by atoms with Gasteiger partial charge in [-0.25, -0.2) is 5.43 Å². The highest BCUT2D eigenvalue weighted by Gasteiger charge is 2.37. The van der Waals surface area contributed by atoms with Crippen LogP contribution in [0.4, 0.5) is 8.78 Å². The molecule has 1 aromatic carbocycles. The number of nitrogens with one attached hydrogen (secondary N) is 3. The van der Waals surface area contributed by atoms with Crippen LogP contribution in [0.3, 0.4) is 0 Å². The second kappa shape index (κ2) is 9.43. The molecule has 3 rings (SSSR count). The topological polar surface area (TPSA) is 65.6 Å². The third-order valence-corrected chi connectivity index (χ3v) is 5.35. The van der Waals surface area contributed by atoms with Gasteiger partial charge in [0.15, 0.2) is 0 Å². The minimum atomic E-state index is -2.86. The first-order valence-electron chi connectivity index (χ1n) is 9.61. The fraction of sp³-hybridized carbons (Fsp3) is 0.632. The van der Waals surface area contributed by atoms with Gasteiger partial charge in [0.05, 0.1) is 12.0 Å². The Bertz CT molecular complexity index is 623. The molecule has 2 saturated heterocycles. The summed E-state index contributed by atoms with van der Waals surface area (Å²) in [7, 11) is 0. The van der Waals surface area contributed by atoms with Gasteiger partial charge < -0.3 is 15.0 Å². The lowest BCUT2D eigenvalue weighted by molar-refractivity contribution is -0.136. The highest BCUT2D eigenvalue weighted by atomic mass is 19.3. The van der Waals surface area contributed by atoms with E-state index < -0.39 is 6.61 Å². The highest BCUT2D eigenvalue weighted by Crippen LogP contribution is 2.30. The predicted molar refractivity (Wildman–Crippen MR) is 98.3 cm³/mol. The van der Waals surface area contributed by atoms with E-state index in [0.29, 0.717) is 12.5 Å². The van der Waals surface area contributed by atoms with Crippen molar-refractivity contribution < 1.29 is 18.3 Å². The van der Waals surface area contributed by atoms with Gasteiger partial charge in [0.2, 0.25) is 5.91 Å². The van der Waals surface area contributed by atoms with E-state index in [9.17, 15) is 13.6 Å². The zero-order valence-corrected chi connectivity index (χ0v) is 15.6. The number of nitrogens with zero attached hydrogens (tertiary/aromatic N) is 1. The summed E-state index contributed by atoms with van der Waals surface area (Å²) in [4.78, 5) is 15.0. The van der Waals surface area contributed by atoms with Gasteiger partial charge >= 0.3 is 6.61 Å². The molecule has 0 bridgehead atoms. The van der Waals surface area contributed by atoms with Gasteiger partial charge in [0, 0.05) is 19.6 Å². The van der Waals surface area contributed by atoms with Gasteiger partial charge in [-0.3, -0.25) is 10.2 Å². The van der Waals surface area contributed by atoms with Gasteiger partial charge in [0.25, 0.3) is 0 Å². The van der Waals surface area contributed by atoms with Crippen LogP contribution in [0.2, 0.25) is 0 Å². The average Bonchev–Trinajstić information content (AvgIpc) is 3.16. The maximum Gasteiger partial charge on any atom is 0.387 e. The lowest BCUT2D eigenvalue weighted by Crippen LogP contribution is -2.45. The first-order chi connectivity index (χ1) is 13.1. The highest BCUT2D eigenvalue weighted by molar-refractivity contribution is 5.80. The van der Waals surface area contributed by atoms with Crippen LogP contribution >= 0.6 is 0 Å². The summed E-state index contributed by atoms with van der Waals surface area (Å²) >= 11 is 0. The summed E-state index contributed by atoms with van der Waals surface area (Å²) in [6.07, 6.45) is 2.02. The fourth-order valence-corrected chi connectivity index (χ4v) is 3.87. The van der Waals surface area contributed by atoms with E-state index in [1.165, 1.54) is 6.07 Å². The summed E-state index contributed by atoms with van der Waals surface area (Å²) in [5, 5.41) is 3.38. The third-order valence-electron chi connectivity index (χ3n) is 5.35. The Morgan fingerprint density at radius 1 is 1.37 bits per heavy atom. The standard InChI is InChI=1S/C19H28F2N4O2/c1-2-22-11-13-6-8-25(9-7-13)18(26)16-12-23-24-17(16)14-4-3-5-15(10-14)27-19(20)21/h3-5,10,13,16-17,19,22-24H,2,6-9,11-12H2,1H3. The summed E-state index contributed by atoms with van der Waals surface area (Å²) in [5.41, 5.74) is 6.91. The van der Waals surface area contributed by atoms with Gasteiger partial charge in [-0.05, 0) is 49.5 Å². The van der Waals surface area contributed by atoms with Crippen LogP contribution in [-0.2, 0) is 4.79 Å². The number of amides is 1. The van der Waals surface area contributed by atoms with E-state index >= 15 is 0 Å². The van der Waals surface area contributed by atoms with Crippen LogP contribution in [0.1, 0.15) is 31.4 Å². The summed E-state index contributed by atoms with van der Waals surface area (Å²) in [6, 6.07) is 6.29. The van der Waals surface area contributed by atoms with Gasteiger partial charge in [-0.15, -0.1) is 0 Å². The van der Waals surface area contributed by atoms with Crippen molar-refractivity contribution in [3.63, 3.8) is 0 Å². The maximum atomic E-state index is 13.0. The Morgan fingerprint density at radius 3 is 2.85 bits per heavy atom. The molecule has 1 amide bonds. The van der Waals surface area contributed by atoms with E-state index in [1.807, 2.05) is 11.0 Å². The number of hydrogen-bond acceptors (Lipinski definition) is 5. The Kier molecular flexibility index (Phi) is 6.98. The second-order valence-electron chi connectivity index (χ2n) is 7.14. The lowest BCUT2D eigenvalue weighted by atomic mass is 9.91. The Labute approximate surface area is 158 Å². The van der Waals surface area contributed by atoms with Crippen molar-refractivity contribution in [2.75, 3.05) is 32.7 Å². The number of halogens is 2. The largest absolute Gasteiger partial charge is 0.435 e. The summed E-state index contributed by atoms with van der Waals surface area (Å²) in [5.74, 6) is 0.566. The molecule has 2 atom stereocenters. The first kappa shape index (κ1) is 20.0. The van der Waals surface area contributed by atoms with E-state index in [2.05, 4.69) is 27.8 Å². The van der Waals surface area contributed by atoms with Gasteiger partial charge in [-0.2, -0.15) is 8.78 Å². The van der Waals surface area contributed by atoms with Crippen LogP contribution in [0.25, 0.3) is 0 Å². The molecule has 2 heterocycles. The number of ether oxygens (including phenoxy) is 1. The number of piperidine rings is 1. The van der Waals surface area contributed by atoms with Crippen LogP contribution in [0.15, 0.2) is 24.3 Å². The molecule has 1 aromatic rings. The van der Waals surface area contributed by atoms with Gasteiger partial charge in [0.1, 0.15) is 5.75 Å². The van der Waals surface area contributed by atoms with E-state index in [1.54, 1.807) is 12.1 Å². The Morgan fingerprint density at radius 2 is 2.15 bits per heavy atom. The number of hydrogen-bond donors (Lipinski definition) is 3. The minimum Gasteiger partial charge on any atom is -0.435 e. The second-order valence-corrected chi connectivity index (χ2v) is 7.14. The number of rotatable bonds is 7. The van der Waals surface area contributed by atoms with Crippen molar-refractivity contribution in [3.05, 3.63) is 29.8 Å². The molecule has 0 spiro atoms. The molecule has 3 N–H and O–H groups in total. The van der Waals surface area contributed by atoms with E-state index in [0.717, 1.165) is 44.6 Å². The molecule has 2 unspecified atom stereocenters. The Balaban J connectivity index is 1.62. The van der Waals surface area contributed by atoms with Crippen LogP contribution in [-0.4, -0.2) is 50.1 Å². The Hall–Kier alpha value is -1.77. The van der Waals surface area contributed by atoms with Crippen LogP contribution in [0.5, 0.6) is 5.75 Å². The summed E-state index contributed by atoms with van der Waals surface area (Å²) < 4.78 is 29.4. The molecule has 8 heteroatoms. The van der Waals surface area contributed by atoms with E-state index in [4.69, 9.17) is 0 Å². The molecule has 150 valence electrons. The molecule has 2 aliphatic heterocycles. The van der Waals surface area contributed by atoms with Crippen molar-refractivity contribution in [2.45, 2.75) is 32.4 Å². The smallest absolute Gasteiger partial charge is 0.387 e. The molecule has 0 aromatic heterocycles. The number of carbonyl (C=O) groups is 1. The normalized spacial score (nSPS) is 23.8. The van der Waals surface area contributed by atoms with Crippen LogP contribution in [0, 0.1) is 11.8 Å². The zero-order valence-electron chi connectivity index (χ0n) is 15.6. The molecule has 6 nitrogen and oxygen atoms in total. The van der Waals surface area contributed by atoms with Crippen molar-refractivity contribution in [1.29, 1.82) is 0 Å². The zero-order chi connectivity index (χ0) is 19.2.